The number of benzene rings is 1. The molecule has 0 radical (unpaired) electrons. The molecule has 0 bridgehead atoms. The number of carbonyl (C=O) groups excluding carboxylic acids is 1. The molecule has 2 heterocycles. The van der Waals surface area contributed by atoms with E-state index in [-0.39, 0.29) is 17.9 Å². The Morgan fingerprint density at radius 1 is 1.38 bits per heavy atom. The number of nitrogens with one attached hydrogen (secondary N) is 2. The van der Waals surface area contributed by atoms with Gasteiger partial charge in [-0.1, -0.05) is 12.1 Å². The van der Waals surface area contributed by atoms with Crippen LogP contribution >= 0.6 is 11.3 Å². The number of aromatic nitrogens is 1. The van der Waals surface area contributed by atoms with Crippen molar-refractivity contribution in [2.75, 3.05) is 32.8 Å². The van der Waals surface area contributed by atoms with Crippen molar-refractivity contribution >= 4 is 17.4 Å². The zero-order valence-corrected chi connectivity index (χ0v) is 15.5. The van der Waals surface area contributed by atoms with Crippen molar-refractivity contribution in [2.45, 2.75) is 19.5 Å². The summed E-state index contributed by atoms with van der Waals surface area (Å²) >= 11 is 1.55. The Hall–Kier alpha value is -2.03. The van der Waals surface area contributed by atoms with E-state index in [2.05, 4.69) is 20.5 Å². The number of thiazole rings is 1. The first-order valence-electron chi connectivity index (χ1n) is 8.62. The van der Waals surface area contributed by atoms with Crippen molar-refractivity contribution in [3.8, 4) is 0 Å². The van der Waals surface area contributed by atoms with E-state index in [4.69, 9.17) is 4.74 Å². The maximum Gasteiger partial charge on any atom is 0.315 e. The van der Waals surface area contributed by atoms with Crippen LogP contribution in [0.15, 0.2) is 29.6 Å². The lowest BCUT2D eigenvalue weighted by Crippen LogP contribution is -2.45. The molecule has 6 nitrogen and oxygen atoms in total. The van der Waals surface area contributed by atoms with Gasteiger partial charge in [0.25, 0.3) is 0 Å². The van der Waals surface area contributed by atoms with Gasteiger partial charge in [0.05, 0.1) is 36.5 Å². The van der Waals surface area contributed by atoms with Crippen LogP contribution in [-0.4, -0.2) is 48.8 Å². The molecular weight excluding hydrogens is 355 g/mol. The normalized spacial score (nSPS) is 16.2. The summed E-state index contributed by atoms with van der Waals surface area (Å²) in [6.07, 6.45) is 0. The van der Waals surface area contributed by atoms with Crippen molar-refractivity contribution in [2.24, 2.45) is 0 Å². The standard InChI is InChI=1S/C18H23FN4O2S/c1-13-22-16(12-26-13)10-20-18(24)21-11-17(23-5-7-25-8-6-23)14-3-2-4-15(19)9-14/h2-4,9,12,17H,5-8,10-11H2,1H3,(H2,20,21,24). The zero-order valence-electron chi connectivity index (χ0n) is 14.7. The van der Waals surface area contributed by atoms with Crippen LogP contribution < -0.4 is 10.6 Å². The van der Waals surface area contributed by atoms with Gasteiger partial charge in [0.2, 0.25) is 0 Å². The fourth-order valence-corrected chi connectivity index (χ4v) is 3.59. The van der Waals surface area contributed by atoms with Crippen LogP contribution in [-0.2, 0) is 11.3 Å². The van der Waals surface area contributed by atoms with Gasteiger partial charge in [-0.15, -0.1) is 11.3 Å². The number of ether oxygens (including phenoxy) is 1. The topological polar surface area (TPSA) is 66.5 Å². The van der Waals surface area contributed by atoms with Gasteiger partial charge in [-0.2, -0.15) is 0 Å². The molecule has 2 aromatic rings. The van der Waals surface area contributed by atoms with Crippen LogP contribution in [0.2, 0.25) is 0 Å². The third-order valence-corrected chi connectivity index (χ3v) is 5.09. The van der Waals surface area contributed by atoms with Crippen molar-refractivity contribution in [1.82, 2.24) is 20.5 Å². The molecule has 26 heavy (non-hydrogen) atoms. The van der Waals surface area contributed by atoms with Gasteiger partial charge in [0.1, 0.15) is 5.82 Å². The summed E-state index contributed by atoms with van der Waals surface area (Å²) in [4.78, 5) is 18.7. The number of hydrogen-bond donors (Lipinski definition) is 2. The smallest absolute Gasteiger partial charge is 0.315 e. The van der Waals surface area contributed by atoms with Crippen LogP contribution in [0.25, 0.3) is 0 Å². The maximum absolute atomic E-state index is 13.7. The Labute approximate surface area is 156 Å². The number of carbonyl (C=O) groups is 1. The third kappa shape index (κ3) is 5.23. The van der Waals surface area contributed by atoms with E-state index >= 15 is 0 Å². The lowest BCUT2D eigenvalue weighted by molar-refractivity contribution is 0.0166. The molecule has 1 atom stereocenters. The number of nitrogens with zero attached hydrogens (tertiary/aromatic N) is 2. The minimum Gasteiger partial charge on any atom is -0.379 e. The van der Waals surface area contributed by atoms with E-state index in [1.54, 1.807) is 17.4 Å². The molecule has 8 heteroatoms. The lowest BCUT2D eigenvalue weighted by atomic mass is 10.0. The summed E-state index contributed by atoms with van der Waals surface area (Å²) in [7, 11) is 0. The number of halogens is 1. The van der Waals surface area contributed by atoms with Crippen molar-refractivity contribution in [1.29, 1.82) is 0 Å². The van der Waals surface area contributed by atoms with Gasteiger partial charge in [-0.3, -0.25) is 4.90 Å². The number of amides is 2. The molecule has 140 valence electrons. The second kappa shape index (κ2) is 9.07. The monoisotopic (exact) mass is 378 g/mol. The number of hydrogen-bond acceptors (Lipinski definition) is 5. The van der Waals surface area contributed by atoms with Crippen LogP contribution in [0.3, 0.4) is 0 Å². The highest BCUT2D eigenvalue weighted by molar-refractivity contribution is 7.09. The molecule has 2 amide bonds. The van der Waals surface area contributed by atoms with Crippen LogP contribution in [0.5, 0.6) is 0 Å². The molecule has 1 unspecified atom stereocenters. The molecule has 1 aromatic heterocycles. The lowest BCUT2D eigenvalue weighted by Gasteiger charge is -2.34. The quantitative estimate of drug-likeness (QED) is 0.810. The first kappa shape index (κ1) is 18.8. The van der Waals surface area contributed by atoms with Crippen molar-refractivity contribution < 1.29 is 13.9 Å². The average molecular weight is 378 g/mol. The highest BCUT2D eigenvalue weighted by atomic mass is 32.1. The molecule has 2 N–H and O–H groups in total. The van der Waals surface area contributed by atoms with Gasteiger partial charge in [-0.25, -0.2) is 14.2 Å². The van der Waals surface area contributed by atoms with E-state index in [9.17, 15) is 9.18 Å². The molecule has 1 aliphatic heterocycles. The Balaban J connectivity index is 1.59. The summed E-state index contributed by atoms with van der Waals surface area (Å²) in [6, 6.07) is 6.18. The van der Waals surface area contributed by atoms with E-state index < -0.39 is 0 Å². The predicted molar refractivity (Wildman–Crippen MR) is 98.6 cm³/mol. The minimum atomic E-state index is -0.274. The Morgan fingerprint density at radius 2 is 2.19 bits per heavy atom. The summed E-state index contributed by atoms with van der Waals surface area (Å²) in [6.45, 7) is 5.50. The molecule has 1 fully saturated rings. The Kier molecular flexibility index (Phi) is 6.54. The Morgan fingerprint density at radius 3 is 2.88 bits per heavy atom. The Bertz CT molecular complexity index is 733. The van der Waals surface area contributed by atoms with Gasteiger partial charge >= 0.3 is 6.03 Å². The van der Waals surface area contributed by atoms with Crippen LogP contribution in [0, 0.1) is 12.7 Å². The second-order valence-electron chi connectivity index (χ2n) is 6.14. The summed E-state index contributed by atoms with van der Waals surface area (Å²) in [5.41, 5.74) is 1.69. The SMILES string of the molecule is Cc1nc(CNC(=O)NCC(c2cccc(F)c2)N2CCOCC2)cs1. The minimum absolute atomic E-state index is 0.0955. The molecule has 0 spiro atoms. The zero-order chi connectivity index (χ0) is 18.4. The summed E-state index contributed by atoms with van der Waals surface area (Å²) in [5, 5.41) is 8.61. The van der Waals surface area contributed by atoms with Crippen LogP contribution in [0.1, 0.15) is 22.3 Å². The average Bonchev–Trinajstić information content (AvgIpc) is 3.06. The number of rotatable bonds is 6. The van der Waals surface area contributed by atoms with E-state index in [0.29, 0.717) is 26.3 Å². The summed E-state index contributed by atoms with van der Waals surface area (Å²) < 4.78 is 19.1. The number of morpholine rings is 1. The highest BCUT2D eigenvalue weighted by Gasteiger charge is 2.23. The first-order chi connectivity index (χ1) is 12.6. The van der Waals surface area contributed by atoms with Gasteiger partial charge < -0.3 is 15.4 Å². The molecule has 0 aliphatic carbocycles. The molecule has 3 rings (SSSR count). The number of urea groups is 1. The molecule has 0 saturated carbocycles. The molecular formula is C18H23FN4O2S. The fourth-order valence-electron chi connectivity index (χ4n) is 2.97. The fraction of sp³-hybridized carbons (Fsp3) is 0.444. The van der Waals surface area contributed by atoms with E-state index in [1.807, 2.05) is 18.4 Å². The van der Waals surface area contributed by atoms with Gasteiger partial charge in [0, 0.05) is 25.0 Å². The third-order valence-electron chi connectivity index (χ3n) is 4.27. The van der Waals surface area contributed by atoms with Crippen molar-refractivity contribution in [3.05, 3.63) is 51.7 Å². The first-order valence-corrected chi connectivity index (χ1v) is 9.50. The number of aryl methyl sites for hydroxylation is 1. The predicted octanol–water partition coefficient (Wildman–Crippen LogP) is 2.46. The van der Waals surface area contributed by atoms with Gasteiger partial charge in [-0.05, 0) is 24.6 Å². The second-order valence-corrected chi connectivity index (χ2v) is 7.20. The molecule has 1 saturated heterocycles. The van der Waals surface area contributed by atoms with Gasteiger partial charge in [0.15, 0.2) is 0 Å². The van der Waals surface area contributed by atoms with E-state index in [0.717, 1.165) is 29.4 Å². The van der Waals surface area contributed by atoms with Crippen molar-refractivity contribution in [3.63, 3.8) is 0 Å². The van der Waals surface area contributed by atoms with Crippen LogP contribution in [0.4, 0.5) is 9.18 Å². The van der Waals surface area contributed by atoms with E-state index in [1.165, 1.54) is 12.1 Å². The largest absolute Gasteiger partial charge is 0.379 e. The highest BCUT2D eigenvalue weighted by Crippen LogP contribution is 2.22. The maximum atomic E-state index is 13.7. The summed E-state index contributed by atoms with van der Waals surface area (Å²) in [5.74, 6) is -0.274. The molecule has 1 aliphatic rings. The molecule has 1 aromatic carbocycles.